The number of carboxylic acid groups (broad SMARTS) is 1. The van der Waals surface area contributed by atoms with Crippen LogP contribution in [-0.2, 0) is 44.5 Å². The van der Waals surface area contributed by atoms with Crippen LogP contribution in [-0.4, -0.2) is 83.0 Å². The fourth-order valence-corrected chi connectivity index (χ4v) is 11.3. The maximum absolute atomic E-state index is 13.1. The van der Waals surface area contributed by atoms with Crippen molar-refractivity contribution in [2.24, 2.45) is 52.3 Å². The van der Waals surface area contributed by atoms with E-state index in [1.165, 1.54) is 0 Å². The van der Waals surface area contributed by atoms with E-state index in [0.29, 0.717) is 31.7 Å². The number of rotatable bonds is 14. The number of aliphatic hydroxyl groups excluding tert-OH is 1. The molecule has 12 unspecified atom stereocenters. The van der Waals surface area contributed by atoms with Gasteiger partial charge in [-0.2, -0.15) is 0 Å². The van der Waals surface area contributed by atoms with Crippen molar-refractivity contribution >= 4 is 23.8 Å². The average molecular weight is 782 g/mol. The van der Waals surface area contributed by atoms with Crippen molar-refractivity contribution in [3.63, 3.8) is 0 Å². The van der Waals surface area contributed by atoms with Gasteiger partial charge in [0.25, 0.3) is 0 Å². The molecule has 12 heteroatoms. The van der Waals surface area contributed by atoms with E-state index in [0.717, 1.165) is 43.2 Å². The van der Waals surface area contributed by atoms with Crippen LogP contribution in [0.3, 0.4) is 0 Å². The number of aliphatic hydroxyl groups is 1. The Morgan fingerprint density at radius 2 is 1.75 bits per heavy atom. The van der Waals surface area contributed by atoms with E-state index in [9.17, 15) is 34.5 Å². The van der Waals surface area contributed by atoms with E-state index in [2.05, 4.69) is 18.8 Å². The molecule has 1 aromatic rings. The number of phenolic OH excluding ortho intramolecular Hbond substituents is 1. The van der Waals surface area contributed by atoms with E-state index >= 15 is 0 Å². The maximum Gasteiger partial charge on any atom is 0.306 e. The van der Waals surface area contributed by atoms with Crippen molar-refractivity contribution in [1.82, 2.24) is 5.32 Å². The molecule has 0 radical (unpaired) electrons. The Morgan fingerprint density at radius 3 is 2.45 bits per heavy atom. The predicted octanol–water partition coefficient (Wildman–Crippen LogP) is 5.96. The monoisotopic (exact) mass is 781 g/mol. The quantitative estimate of drug-likeness (QED) is 0.0995. The summed E-state index contributed by atoms with van der Waals surface area (Å²) >= 11 is 0. The van der Waals surface area contributed by atoms with Crippen LogP contribution in [0, 0.1) is 52.3 Å². The molecule has 5 aliphatic rings. The van der Waals surface area contributed by atoms with E-state index in [-0.39, 0.29) is 78.5 Å². The number of carbonyl (C=O) groups is 4. The number of aliphatic carboxylic acids is 1. The first-order valence-corrected chi connectivity index (χ1v) is 20.8. The third-order valence-corrected chi connectivity index (χ3v) is 14.4. The highest BCUT2D eigenvalue weighted by atomic mass is 16.7. The first-order chi connectivity index (χ1) is 26.5. The number of hydrogen-bond donors (Lipinski definition) is 4. The van der Waals surface area contributed by atoms with Gasteiger partial charge in [-0.05, 0) is 110 Å². The molecule has 4 N–H and O–H groups in total. The van der Waals surface area contributed by atoms with Crippen molar-refractivity contribution < 1.29 is 53.4 Å². The summed E-state index contributed by atoms with van der Waals surface area (Å²) in [5, 5.41) is 34.4. The molecular weight excluding hydrogens is 718 g/mol. The van der Waals surface area contributed by atoms with E-state index in [4.69, 9.17) is 18.9 Å². The summed E-state index contributed by atoms with van der Waals surface area (Å²) in [6.45, 7) is 14.6. The van der Waals surface area contributed by atoms with Gasteiger partial charge in [0.1, 0.15) is 12.4 Å². The maximum atomic E-state index is 13.1. The van der Waals surface area contributed by atoms with Gasteiger partial charge in [-0.15, -0.1) is 0 Å². The van der Waals surface area contributed by atoms with Gasteiger partial charge >= 0.3 is 17.9 Å². The number of amides is 1. The number of esters is 2. The van der Waals surface area contributed by atoms with Gasteiger partial charge in [0, 0.05) is 30.7 Å². The second-order valence-electron chi connectivity index (χ2n) is 18.3. The van der Waals surface area contributed by atoms with Crippen LogP contribution in [0.25, 0.3) is 0 Å². The van der Waals surface area contributed by atoms with Gasteiger partial charge in [-0.1, -0.05) is 53.3 Å². The van der Waals surface area contributed by atoms with Crippen LogP contribution in [0.2, 0.25) is 0 Å². The SMILES string of the molecule is C=C1C2CCC3C4(C)CC(OC5OC(COC(=O)CCC(=O)NCCc6ccc(O)cc6)C(C)[C@H](C)C5OC(=O)CC(C)C)CC(C(=O)O)C4CCC3(C2)C1O. The lowest BCUT2D eigenvalue weighted by Crippen LogP contribution is -2.60. The summed E-state index contributed by atoms with van der Waals surface area (Å²) < 4.78 is 25.1. The van der Waals surface area contributed by atoms with Gasteiger partial charge in [0.2, 0.25) is 5.91 Å². The van der Waals surface area contributed by atoms with Gasteiger partial charge in [-0.3, -0.25) is 19.2 Å². The molecule has 13 atom stereocenters. The number of nitrogens with one attached hydrogen (secondary N) is 1. The molecule has 5 fully saturated rings. The molecule has 1 heterocycles. The van der Waals surface area contributed by atoms with Crippen molar-refractivity contribution in [3.8, 4) is 5.75 Å². The lowest BCUT2D eigenvalue weighted by atomic mass is 9.43. The zero-order valence-electron chi connectivity index (χ0n) is 33.7. The number of ether oxygens (including phenoxy) is 4. The normalized spacial score (nSPS) is 37.6. The van der Waals surface area contributed by atoms with Crippen molar-refractivity contribution in [2.75, 3.05) is 13.2 Å². The molecular formula is C44H63NO11. The molecule has 4 aliphatic carbocycles. The lowest BCUT2D eigenvalue weighted by molar-refractivity contribution is -0.303. The number of fused-ring (bicyclic) bond motifs is 3. The highest BCUT2D eigenvalue weighted by Crippen LogP contribution is 2.70. The Balaban J connectivity index is 1.12. The highest BCUT2D eigenvalue weighted by molar-refractivity contribution is 5.81. The number of carbonyl (C=O) groups excluding carboxylic acids is 3. The molecule has 2 bridgehead atoms. The fraction of sp³-hybridized carbons (Fsp3) is 0.727. The summed E-state index contributed by atoms with van der Waals surface area (Å²) in [6.07, 6.45) is 2.30. The van der Waals surface area contributed by atoms with E-state index in [1.54, 1.807) is 24.3 Å². The summed E-state index contributed by atoms with van der Waals surface area (Å²) in [6, 6.07) is 6.75. The van der Waals surface area contributed by atoms with E-state index in [1.807, 2.05) is 27.7 Å². The highest BCUT2D eigenvalue weighted by Gasteiger charge is 2.67. The van der Waals surface area contributed by atoms with Crippen molar-refractivity contribution in [2.45, 2.75) is 136 Å². The average Bonchev–Trinajstić information content (AvgIpc) is 3.31. The second-order valence-corrected chi connectivity index (χ2v) is 18.3. The van der Waals surface area contributed by atoms with Crippen LogP contribution in [0.5, 0.6) is 5.75 Å². The van der Waals surface area contributed by atoms with Crippen LogP contribution >= 0.6 is 0 Å². The van der Waals surface area contributed by atoms with Gasteiger partial charge in [0.15, 0.2) is 12.4 Å². The van der Waals surface area contributed by atoms with Crippen LogP contribution < -0.4 is 5.32 Å². The first kappa shape index (κ1) is 42.1. The minimum absolute atomic E-state index is 0.0359. The number of carboxylic acids is 1. The standard InChI is InChI=1S/C44H63NO11/c1-24(2)19-38(49)56-39-26(4)25(3)34(23-53-37(48)14-13-36(47)45-18-16-28-7-10-30(46)11-8-28)55-42(39)54-31-20-32(41(51)52)33-15-17-44-21-29(27(5)40(44)50)9-12-35(44)43(33,6)22-31/h7-8,10-11,24-26,29,31-35,39-40,42,46,50H,5,9,12-23H2,1-4,6H3,(H,45,47)(H,51,52)/t25?,26-,29?,31?,32?,33?,34?,35?,39?,40?,42?,43?,44?/m0/s1. The third-order valence-electron chi connectivity index (χ3n) is 14.4. The lowest BCUT2D eigenvalue weighted by Gasteiger charge is -2.62. The molecule has 1 amide bonds. The Hall–Kier alpha value is -3.48. The first-order valence-electron chi connectivity index (χ1n) is 20.8. The van der Waals surface area contributed by atoms with Gasteiger partial charge in [0.05, 0.1) is 30.7 Å². The Kier molecular flexibility index (Phi) is 12.9. The number of phenols is 1. The summed E-state index contributed by atoms with van der Waals surface area (Å²) in [4.78, 5) is 51.3. The molecule has 1 aromatic carbocycles. The molecule has 4 saturated carbocycles. The van der Waals surface area contributed by atoms with Gasteiger partial charge in [-0.25, -0.2) is 0 Å². The minimum Gasteiger partial charge on any atom is -0.508 e. The number of hydrogen-bond acceptors (Lipinski definition) is 10. The Bertz CT molecular complexity index is 1610. The molecule has 1 saturated heterocycles. The molecule has 310 valence electrons. The summed E-state index contributed by atoms with van der Waals surface area (Å²) in [7, 11) is 0. The van der Waals surface area contributed by atoms with Crippen molar-refractivity contribution in [1.29, 1.82) is 0 Å². The van der Waals surface area contributed by atoms with Crippen LogP contribution in [0.4, 0.5) is 0 Å². The van der Waals surface area contributed by atoms with Gasteiger partial charge < -0.3 is 39.6 Å². The summed E-state index contributed by atoms with van der Waals surface area (Å²) in [5.41, 5.74) is 1.17. The Morgan fingerprint density at radius 1 is 1.02 bits per heavy atom. The number of aromatic hydroxyl groups is 1. The smallest absolute Gasteiger partial charge is 0.306 e. The second kappa shape index (κ2) is 17.2. The molecule has 1 spiro atoms. The molecule has 1 aliphatic heterocycles. The van der Waals surface area contributed by atoms with Crippen LogP contribution in [0.15, 0.2) is 36.4 Å². The zero-order chi connectivity index (χ0) is 40.5. The molecule has 0 aromatic heterocycles. The fourth-order valence-electron chi connectivity index (χ4n) is 11.3. The molecule has 6 rings (SSSR count). The topological polar surface area (TPSA) is 178 Å². The van der Waals surface area contributed by atoms with Crippen molar-refractivity contribution in [3.05, 3.63) is 42.0 Å². The zero-order valence-corrected chi connectivity index (χ0v) is 33.7. The molecule has 56 heavy (non-hydrogen) atoms. The third kappa shape index (κ3) is 8.67. The van der Waals surface area contributed by atoms with E-state index < -0.39 is 54.0 Å². The van der Waals surface area contributed by atoms with Crippen LogP contribution in [0.1, 0.15) is 104 Å². The largest absolute Gasteiger partial charge is 0.508 e. The predicted molar refractivity (Wildman–Crippen MR) is 206 cm³/mol. The molecule has 12 nitrogen and oxygen atoms in total. The Labute approximate surface area is 331 Å². The minimum atomic E-state index is -1.02. The number of benzene rings is 1. The summed E-state index contributed by atoms with van der Waals surface area (Å²) in [5.74, 6) is -2.51.